The fourth-order valence-electron chi connectivity index (χ4n) is 6.01. The second-order valence-electron chi connectivity index (χ2n) is 8.98. The average Bonchev–Trinajstić information content (AvgIpc) is 3.41. The number of para-hydroxylation sites is 1. The zero-order valence-electron chi connectivity index (χ0n) is 17.5. The molecule has 4 aliphatic heterocycles. The number of urea groups is 1. The van der Waals surface area contributed by atoms with Crippen LogP contribution < -0.4 is 5.32 Å². The average molecular weight is 422 g/mol. The first-order valence-corrected chi connectivity index (χ1v) is 11.2. The molecule has 4 aliphatic rings. The predicted molar refractivity (Wildman–Crippen MR) is 114 cm³/mol. The first kappa shape index (κ1) is 19.2. The third kappa shape index (κ3) is 2.75. The highest BCUT2D eigenvalue weighted by Crippen LogP contribution is 2.53. The SMILES string of the molecule is O=C1N(CCN2CCOCC2)C(=O)[C@@]23CNC[C@H]2CC(c2ccnc4ccccc24)N13. The number of hydrogen-bond donors (Lipinski definition) is 1. The van der Waals surface area contributed by atoms with Gasteiger partial charge in [-0.2, -0.15) is 0 Å². The Morgan fingerprint density at radius 1 is 1.13 bits per heavy atom. The van der Waals surface area contributed by atoms with Gasteiger partial charge in [0, 0.05) is 56.8 Å². The van der Waals surface area contributed by atoms with Crippen molar-refractivity contribution in [3.8, 4) is 0 Å². The summed E-state index contributed by atoms with van der Waals surface area (Å²) in [5, 5.41) is 4.45. The van der Waals surface area contributed by atoms with Crippen molar-refractivity contribution < 1.29 is 14.3 Å². The van der Waals surface area contributed by atoms with Crippen molar-refractivity contribution in [1.82, 2.24) is 25.0 Å². The van der Waals surface area contributed by atoms with Crippen molar-refractivity contribution in [2.24, 2.45) is 5.92 Å². The third-order valence-electron chi connectivity index (χ3n) is 7.55. The predicted octanol–water partition coefficient (Wildman–Crippen LogP) is 1.23. The van der Waals surface area contributed by atoms with Gasteiger partial charge in [-0.3, -0.25) is 19.6 Å². The van der Waals surface area contributed by atoms with Crippen LogP contribution in [-0.4, -0.2) is 89.6 Å². The van der Waals surface area contributed by atoms with Gasteiger partial charge in [-0.1, -0.05) is 18.2 Å². The molecule has 0 bridgehead atoms. The molecule has 1 spiro atoms. The number of nitrogens with one attached hydrogen (secondary N) is 1. The maximum absolute atomic E-state index is 13.7. The number of carbonyl (C=O) groups is 2. The second-order valence-corrected chi connectivity index (χ2v) is 8.98. The summed E-state index contributed by atoms with van der Waals surface area (Å²) in [6.45, 7) is 5.56. The zero-order valence-corrected chi connectivity index (χ0v) is 17.5. The number of benzene rings is 1. The van der Waals surface area contributed by atoms with Crippen LogP contribution >= 0.6 is 0 Å². The molecule has 31 heavy (non-hydrogen) atoms. The van der Waals surface area contributed by atoms with Crippen molar-refractivity contribution in [2.75, 3.05) is 52.5 Å². The molecule has 4 fully saturated rings. The Labute approximate surface area is 181 Å². The maximum Gasteiger partial charge on any atom is 0.328 e. The third-order valence-corrected chi connectivity index (χ3v) is 7.55. The lowest BCUT2D eigenvalue weighted by Gasteiger charge is -2.31. The number of nitrogens with zero attached hydrogens (tertiary/aromatic N) is 4. The van der Waals surface area contributed by atoms with Crippen LogP contribution in [0.5, 0.6) is 0 Å². The van der Waals surface area contributed by atoms with Crippen LogP contribution in [-0.2, 0) is 9.53 Å². The van der Waals surface area contributed by atoms with Crippen LogP contribution in [0, 0.1) is 5.92 Å². The van der Waals surface area contributed by atoms with E-state index in [0.29, 0.717) is 32.8 Å². The quantitative estimate of drug-likeness (QED) is 0.749. The van der Waals surface area contributed by atoms with Gasteiger partial charge >= 0.3 is 6.03 Å². The van der Waals surface area contributed by atoms with Gasteiger partial charge in [0.15, 0.2) is 0 Å². The molecular weight excluding hydrogens is 394 g/mol. The number of aromatic nitrogens is 1. The lowest BCUT2D eigenvalue weighted by Crippen LogP contribution is -2.51. The molecule has 0 saturated carbocycles. The summed E-state index contributed by atoms with van der Waals surface area (Å²) in [5.41, 5.74) is 1.26. The molecule has 8 heteroatoms. The number of hydrogen-bond acceptors (Lipinski definition) is 6. The molecule has 4 saturated heterocycles. The van der Waals surface area contributed by atoms with Crippen LogP contribution in [0.4, 0.5) is 4.79 Å². The van der Waals surface area contributed by atoms with E-state index in [1.54, 1.807) is 0 Å². The molecule has 1 aromatic carbocycles. The Hall–Kier alpha value is -2.55. The molecule has 8 nitrogen and oxygen atoms in total. The van der Waals surface area contributed by atoms with Crippen molar-refractivity contribution in [1.29, 1.82) is 0 Å². The number of ether oxygens (including phenoxy) is 1. The first-order valence-electron chi connectivity index (χ1n) is 11.2. The molecule has 6 rings (SSSR count). The number of morpholine rings is 1. The summed E-state index contributed by atoms with van der Waals surface area (Å²) in [5.74, 6) is 0.107. The zero-order chi connectivity index (χ0) is 21.0. The molecule has 0 aliphatic carbocycles. The van der Waals surface area contributed by atoms with Gasteiger partial charge in [-0.05, 0) is 24.1 Å². The van der Waals surface area contributed by atoms with E-state index in [-0.39, 0.29) is 23.9 Å². The van der Waals surface area contributed by atoms with Crippen molar-refractivity contribution in [2.45, 2.75) is 18.0 Å². The summed E-state index contributed by atoms with van der Waals surface area (Å²) in [6, 6.07) is 9.81. The maximum atomic E-state index is 13.7. The Balaban J connectivity index is 1.34. The van der Waals surface area contributed by atoms with Crippen LogP contribution in [0.2, 0.25) is 0 Å². The number of rotatable bonds is 4. The highest BCUT2D eigenvalue weighted by molar-refractivity contribution is 6.08. The number of carbonyl (C=O) groups excluding carboxylic acids is 2. The highest BCUT2D eigenvalue weighted by atomic mass is 16.5. The Bertz CT molecular complexity index is 1030. The summed E-state index contributed by atoms with van der Waals surface area (Å²) in [6.07, 6.45) is 2.62. The summed E-state index contributed by atoms with van der Waals surface area (Å²) < 4.78 is 5.42. The fraction of sp³-hybridized carbons (Fsp3) is 0.522. The molecule has 3 atom stereocenters. The Morgan fingerprint density at radius 2 is 1.97 bits per heavy atom. The van der Waals surface area contributed by atoms with E-state index in [1.807, 2.05) is 35.4 Å². The van der Waals surface area contributed by atoms with Gasteiger partial charge < -0.3 is 15.0 Å². The number of pyridine rings is 1. The lowest BCUT2D eigenvalue weighted by atomic mass is 9.87. The lowest BCUT2D eigenvalue weighted by molar-refractivity contribution is -0.133. The summed E-state index contributed by atoms with van der Waals surface area (Å²) >= 11 is 0. The van der Waals surface area contributed by atoms with Gasteiger partial charge in [0.25, 0.3) is 5.91 Å². The first-order chi connectivity index (χ1) is 15.2. The van der Waals surface area contributed by atoms with Crippen molar-refractivity contribution in [3.05, 3.63) is 42.1 Å². The van der Waals surface area contributed by atoms with E-state index in [9.17, 15) is 9.59 Å². The van der Waals surface area contributed by atoms with E-state index in [4.69, 9.17) is 4.74 Å². The van der Waals surface area contributed by atoms with E-state index >= 15 is 0 Å². The monoisotopic (exact) mass is 421 g/mol. The molecule has 1 N–H and O–H groups in total. The van der Waals surface area contributed by atoms with Gasteiger partial charge in [0.1, 0.15) is 5.54 Å². The highest BCUT2D eigenvalue weighted by Gasteiger charge is 2.68. The Morgan fingerprint density at radius 3 is 2.84 bits per heavy atom. The molecule has 162 valence electrons. The number of fused-ring (bicyclic) bond motifs is 1. The van der Waals surface area contributed by atoms with Gasteiger partial charge in [-0.15, -0.1) is 0 Å². The Kier molecular flexibility index (Phi) is 4.48. The molecular formula is C23H27N5O3. The number of amides is 3. The standard InChI is InChI=1S/C23H27N5O3/c29-21-23-15-24-14-16(23)13-20(18-5-6-25-19-4-2-1-3-17(18)19)28(23)22(30)27(21)8-7-26-9-11-31-12-10-26/h1-6,16,20,24H,7-15H2/t16-,20?,23-/m1/s1. The molecule has 1 unspecified atom stereocenters. The van der Waals surface area contributed by atoms with Crippen LogP contribution in [0.3, 0.4) is 0 Å². The van der Waals surface area contributed by atoms with Gasteiger partial charge in [-0.25, -0.2) is 4.79 Å². The van der Waals surface area contributed by atoms with Gasteiger partial charge in [0.05, 0.1) is 24.8 Å². The smallest absolute Gasteiger partial charge is 0.328 e. The van der Waals surface area contributed by atoms with Crippen molar-refractivity contribution in [3.63, 3.8) is 0 Å². The minimum Gasteiger partial charge on any atom is -0.379 e. The minimum absolute atomic E-state index is 0.0263. The van der Waals surface area contributed by atoms with Crippen LogP contribution in [0.25, 0.3) is 10.9 Å². The summed E-state index contributed by atoms with van der Waals surface area (Å²) in [7, 11) is 0. The normalized spacial score (nSPS) is 31.0. The topological polar surface area (TPSA) is 78.0 Å². The number of imide groups is 1. The summed E-state index contributed by atoms with van der Waals surface area (Å²) in [4.78, 5) is 37.5. The molecule has 5 heterocycles. The van der Waals surface area contributed by atoms with Crippen molar-refractivity contribution >= 4 is 22.8 Å². The largest absolute Gasteiger partial charge is 0.379 e. The molecule has 2 aromatic rings. The molecule has 3 amide bonds. The molecule has 1 aromatic heterocycles. The van der Waals surface area contributed by atoms with E-state index in [0.717, 1.165) is 42.5 Å². The van der Waals surface area contributed by atoms with Crippen LogP contribution in [0.1, 0.15) is 18.0 Å². The fourth-order valence-corrected chi connectivity index (χ4v) is 6.01. The molecule has 0 radical (unpaired) electrons. The second kappa shape index (κ2) is 7.25. The van der Waals surface area contributed by atoms with E-state index in [2.05, 4.69) is 21.3 Å². The van der Waals surface area contributed by atoms with E-state index in [1.165, 1.54) is 4.90 Å². The van der Waals surface area contributed by atoms with Crippen LogP contribution in [0.15, 0.2) is 36.5 Å². The van der Waals surface area contributed by atoms with E-state index < -0.39 is 5.54 Å². The van der Waals surface area contributed by atoms with Gasteiger partial charge in [0.2, 0.25) is 0 Å². The minimum atomic E-state index is -0.753.